The maximum Gasteiger partial charge on any atom is 0.269 e. The number of aldehydes is 1. The molecular weight excluding hydrogens is 199 g/mol. The van der Waals surface area contributed by atoms with Gasteiger partial charge < -0.3 is 4.74 Å². The standard InChI is InChI=1S/C8H6F3NO2/c1-14-8-6(7(10)11)4(3-13)2-5(9)12-8/h2-3,7H,1H3. The van der Waals surface area contributed by atoms with Crippen LogP contribution in [-0.4, -0.2) is 18.4 Å². The van der Waals surface area contributed by atoms with Gasteiger partial charge in [0.2, 0.25) is 11.8 Å². The van der Waals surface area contributed by atoms with Crippen LogP contribution in [0.1, 0.15) is 22.3 Å². The van der Waals surface area contributed by atoms with E-state index in [-0.39, 0.29) is 6.29 Å². The number of alkyl halides is 2. The van der Waals surface area contributed by atoms with Crippen molar-refractivity contribution in [3.63, 3.8) is 0 Å². The van der Waals surface area contributed by atoms with Gasteiger partial charge in [-0.2, -0.15) is 9.37 Å². The topological polar surface area (TPSA) is 39.2 Å². The molecule has 0 amide bonds. The van der Waals surface area contributed by atoms with Crippen LogP contribution in [0.25, 0.3) is 0 Å². The van der Waals surface area contributed by atoms with Crippen molar-refractivity contribution in [1.29, 1.82) is 0 Å². The van der Waals surface area contributed by atoms with Crippen LogP contribution in [0.5, 0.6) is 5.88 Å². The predicted octanol–water partition coefficient (Wildman–Crippen LogP) is 1.98. The molecule has 0 unspecified atom stereocenters. The first-order valence-corrected chi connectivity index (χ1v) is 3.58. The number of pyridine rings is 1. The quantitative estimate of drug-likeness (QED) is 0.559. The molecule has 1 aromatic heterocycles. The zero-order valence-corrected chi connectivity index (χ0v) is 7.13. The SMILES string of the molecule is COc1nc(F)cc(C=O)c1C(F)F. The maximum atomic E-state index is 12.7. The summed E-state index contributed by atoms with van der Waals surface area (Å²) in [6.07, 6.45) is -2.80. The van der Waals surface area contributed by atoms with E-state index in [1.165, 1.54) is 0 Å². The summed E-state index contributed by atoms with van der Waals surface area (Å²) in [6, 6.07) is 0.636. The van der Waals surface area contributed by atoms with Gasteiger partial charge in [0.1, 0.15) is 0 Å². The average molecular weight is 205 g/mol. The lowest BCUT2D eigenvalue weighted by atomic mass is 10.1. The van der Waals surface area contributed by atoms with Gasteiger partial charge in [-0.3, -0.25) is 4.79 Å². The molecule has 0 fully saturated rings. The highest BCUT2D eigenvalue weighted by atomic mass is 19.3. The average Bonchev–Trinajstić information content (AvgIpc) is 2.15. The molecule has 1 rings (SSSR count). The van der Waals surface area contributed by atoms with Gasteiger partial charge >= 0.3 is 0 Å². The fourth-order valence-corrected chi connectivity index (χ4v) is 0.991. The van der Waals surface area contributed by atoms with Crippen molar-refractivity contribution >= 4 is 6.29 Å². The van der Waals surface area contributed by atoms with E-state index >= 15 is 0 Å². The molecule has 0 aliphatic carbocycles. The van der Waals surface area contributed by atoms with E-state index in [1.54, 1.807) is 0 Å². The van der Waals surface area contributed by atoms with E-state index in [1.807, 2.05) is 0 Å². The van der Waals surface area contributed by atoms with E-state index < -0.39 is 29.4 Å². The Kier molecular flexibility index (Phi) is 3.06. The van der Waals surface area contributed by atoms with E-state index in [2.05, 4.69) is 9.72 Å². The van der Waals surface area contributed by atoms with Gasteiger partial charge in [-0.15, -0.1) is 0 Å². The zero-order valence-electron chi connectivity index (χ0n) is 7.13. The molecule has 76 valence electrons. The fraction of sp³-hybridized carbons (Fsp3) is 0.250. The second-order valence-corrected chi connectivity index (χ2v) is 2.38. The zero-order chi connectivity index (χ0) is 10.7. The molecule has 0 aromatic carbocycles. The Labute approximate surface area is 77.5 Å². The minimum absolute atomic E-state index is 0.134. The summed E-state index contributed by atoms with van der Waals surface area (Å²) >= 11 is 0. The van der Waals surface area contributed by atoms with Crippen LogP contribution in [0.4, 0.5) is 13.2 Å². The number of carbonyl (C=O) groups excluding carboxylic acids is 1. The molecule has 0 N–H and O–H groups in total. The Hall–Kier alpha value is -1.59. The molecule has 0 aliphatic heterocycles. The van der Waals surface area contributed by atoms with Crippen LogP contribution >= 0.6 is 0 Å². The number of hydrogen-bond donors (Lipinski definition) is 0. The molecule has 1 heterocycles. The van der Waals surface area contributed by atoms with E-state index in [9.17, 15) is 18.0 Å². The van der Waals surface area contributed by atoms with E-state index in [0.717, 1.165) is 7.11 Å². The summed E-state index contributed by atoms with van der Waals surface area (Å²) in [5, 5.41) is 0. The molecule has 0 atom stereocenters. The second kappa shape index (κ2) is 4.08. The van der Waals surface area contributed by atoms with E-state index in [0.29, 0.717) is 6.07 Å². The summed E-state index contributed by atoms with van der Waals surface area (Å²) in [5.41, 5.74) is -1.15. The van der Waals surface area contributed by atoms with Crippen LogP contribution < -0.4 is 4.74 Å². The number of hydrogen-bond acceptors (Lipinski definition) is 3. The Morgan fingerprint density at radius 3 is 2.64 bits per heavy atom. The minimum Gasteiger partial charge on any atom is -0.481 e. The Morgan fingerprint density at radius 1 is 1.57 bits per heavy atom. The molecule has 1 aromatic rings. The third-order valence-corrected chi connectivity index (χ3v) is 1.56. The molecule has 0 saturated carbocycles. The number of methoxy groups -OCH3 is 1. The Morgan fingerprint density at radius 2 is 2.21 bits per heavy atom. The molecular formula is C8H6F3NO2. The molecule has 0 saturated heterocycles. The van der Waals surface area contributed by atoms with Gasteiger partial charge in [-0.05, 0) is 0 Å². The van der Waals surface area contributed by atoms with Crippen molar-refractivity contribution in [3.05, 3.63) is 23.1 Å². The van der Waals surface area contributed by atoms with Gasteiger partial charge in [-0.1, -0.05) is 0 Å². The van der Waals surface area contributed by atoms with Crippen molar-refractivity contribution < 1.29 is 22.7 Å². The van der Waals surface area contributed by atoms with Gasteiger partial charge in [0.15, 0.2) is 6.29 Å². The lowest BCUT2D eigenvalue weighted by Crippen LogP contribution is -2.02. The maximum absolute atomic E-state index is 12.7. The van der Waals surface area contributed by atoms with Crippen LogP contribution in [0.3, 0.4) is 0 Å². The molecule has 0 bridgehead atoms. The van der Waals surface area contributed by atoms with Crippen molar-refractivity contribution in [2.24, 2.45) is 0 Å². The summed E-state index contributed by atoms with van der Waals surface area (Å²) in [6.45, 7) is 0. The highest BCUT2D eigenvalue weighted by molar-refractivity contribution is 5.78. The molecule has 0 radical (unpaired) electrons. The van der Waals surface area contributed by atoms with Gasteiger partial charge in [-0.25, -0.2) is 8.78 Å². The monoisotopic (exact) mass is 205 g/mol. The minimum atomic E-state index is -2.93. The third-order valence-electron chi connectivity index (χ3n) is 1.56. The van der Waals surface area contributed by atoms with Crippen LogP contribution in [0.2, 0.25) is 0 Å². The predicted molar refractivity (Wildman–Crippen MR) is 41.1 cm³/mol. The normalized spacial score (nSPS) is 10.4. The molecule has 0 aliphatic rings. The van der Waals surface area contributed by atoms with Crippen molar-refractivity contribution in [1.82, 2.24) is 4.98 Å². The number of halogens is 3. The molecule has 0 spiro atoms. The summed E-state index contributed by atoms with van der Waals surface area (Å²) in [4.78, 5) is 13.5. The number of ether oxygens (including phenoxy) is 1. The summed E-state index contributed by atoms with van der Waals surface area (Å²) < 4.78 is 41.9. The first kappa shape index (κ1) is 10.5. The lowest BCUT2D eigenvalue weighted by molar-refractivity contribution is 0.110. The van der Waals surface area contributed by atoms with Crippen molar-refractivity contribution in [2.45, 2.75) is 6.43 Å². The molecule has 14 heavy (non-hydrogen) atoms. The van der Waals surface area contributed by atoms with E-state index in [4.69, 9.17) is 0 Å². The first-order valence-electron chi connectivity index (χ1n) is 3.58. The Balaban J connectivity index is 3.40. The van der Waals surface area contributed by atoms with Crippen LogP contribution in [0, 0.1) is 5.95 Å². The van der Waals surface area contributed by atoms with Gasteiger partial charge in [0.25, 0.3) is 6.43 Å². The number of nitrogens with zero attached hydrogens (tertiary/aromatic N) is 1. The summed E-state index contributed by atoms with van der Waals surface area (Å²) in [7, 11) is 1.07. The Bertz CT molecular complexity index is 355. The van der Waals surface area contributed by atoms with Gasteiger partial charge in [0.05, 0.1) is 12.7 Å². The van der Waals surface area contributed by atoms with Crippen molar-refractivity contribution in [3.8, 4) is 5.88 Å². The number of aromatic nitrogens is 1. The number of carbonyl (C=O) groups is 1. The first-order chi connectivity index (χ1) is 6.60. The fourth-order valence-electron chi connectivity index (χ4n) is 0.991. The largest absolute Gasteiger partial charge is 0.481 e. The highest BCUT2D eigenvalue weighted by Crippen LogP contribution is 2.29. The third kappa shape index (κ3) is 1.84. The van der Waals surface area contributed by atoms with Gasteiger partial charge in [0, 0.05) is 11.6 Å². The second-order valence-electron chi connectivity index (χ2n) is 2.38. The smallest absolute Gasteiger partial charge is 0.269 e. The van der Waals surface area contributed by atoms with Crippen LogP contribution in [0.15, 0.2) is 6.07 Å². The number of rotatable bonds is 3. The molecule has 6 heteroatoms. The lowest BCUT2D eigenvalue weighted by Gasteiger charge is -2.08. The molecule has 3 nitrogen and oxygen atoms in total. The summed E-state index contributed by atoms with van der Waals surface area (Å²) in [5.74, 6) is -1.60. The highest BCUT2D eigenvalue weighted by Gasteiger charge is 2.21. The van der Waals surface area contributed by atoms with Crippen molar-refractivity contribution in [2.75, 3.05) is 7.11 Å². The van der Waals surface area contributed by atoms with Crippen LogP contribution in [-0.2, 0) is 0 Å².